The Bertz CT molecular complexity index is 1000. The number of nitrogens with zero attached hydrogens (tertiary/aromatic N) is 3. The lowest BCUT2D eigenvalue weighted by molar-refractivity contribution is -0.127. The molecule has 3 heterocycles. The largest absolute Gasteiger partial charge is 0.379 e. The van der Waals surface area contributed by atoms with Crippen LogP contribution < -0.4 is 10.2 Å². The van der Waals surface area contributed by atoms with Gasteiger partial charge in [-0.1, -0.05) is 37.3 Å². The van der Waals surface area contributed by atoms with Gasteiger partial charge < -0.3 is 19.9 Å². The highest BCUT2D eigenvalue weighted by molar-refractivity contribution is 6.15. The van der Waals surface area contributed by atoms with Crippen LogP contribution in [0.4, 0.5) is 11.4 Å². The maximum Gasteiger partial charge on any atom is 0.278 e. The standard InChI is InChI=1S/C24H28N4O3/c1-2-11-27-21-10-6-4-8-19(21)24(23(27)30)25-20-9-5-3-7-18(20)22(29)28(24)13-12-26-14-16-31-17-15-26/h3-10,25H,2,11-17H2,1H3/t24-/m1/s1. The number of para-hydroxylation sites is 2. The summed E-state index contributed by atoms with van der Waals surface area (Å²) in [5.41, 5.74) is 1.82. The molecule has 3 aliphatic heterocycles. The number of fused-ring (bicyclic) bond motifs is 3. The molecule has 0 aliphatic carbocycles. The van der Waals surface area contributed by atoms with Crippen molar-refractivity contribution in [3.05, 3.63) is 59.7 Å². The van der Waals surface area contributed by atoms with E-state index in [1.807, 2.05) is 53.4 Å². The van der Waals surface area contributed by atoms with Crippen LogP contribution >= 0.6 is 0 Å². The molecule has 1 N–H and O–H groups in total. The van der Waals surface area contributed by atoms with Crippen molar-refractivity contribution in [3.8, 4) is 0 Å². The molecule has 0 unspecified atom stereocenters. The van der Waals surface area contributed by atoms with E-state index in [-0.39, 0.29) is 11.8 Å². The van der Waals surface area contributed by atoms with Gasteiger partial charge >= 0.3 is 0 Å². The fraction of sp³-hybridized carbons (Fsp3) is 0.417. The average Bonchev–Trinajstić information content (AvgIpc) is 3.03. The molecule has 5 rings (SSSR count). The van der Waals surface area contributed by atoms with Crippen LogP contribution in [0, 0.1) is 0 Å². The van der Waals surface area contributed by atoms with Gasteiger partial charge in [0.05, 0.1) is 24.5 Å². The molecule has 2 aromatic carbocycles. The van der Waals surface area contributed by atoms with Gasteiger partial charge in [-0.15, -0.1) is 0 Å². The first-order valence-electron chi connectivity index (χ1n) is 11.1. The topological polar surface area (TPSA) is 65.1 Å². The zero-order chi connectivity index (χ0) is 21.4. The highest BCUT2D eigenvalue weighted by Crippen LogP contribution is 2.47. The lowest BCUT2D eigenvalue weighted by Crippen LogP contribution is -2.63. The number of carbonyl (C=O) groups is 2. The lowest BCUT2D eigenvalue weighted by atomic mass is 9.93. The first kappa shape index (κ1) is 20.0. The SMILES string of the molecule is CCCN1C(=O)[C@@]2(Nc3ccccc3C(=O)N2CCN2CCOCC2)c2ccccc21. The molecule has 0 radical (unpaired) electrons. The first-order valence-corrected chi connectivity index (χ1v) is 11.1. The summed E-state index contributed by atoms with van der Waals surface area (Å²) in [6.45, 7) is 6.91. The Hall–Kier alpha value is -2.90. The van der Waals surface area contributed by atoms with Crippen LogP contribution in [-0.2, 0) is 15.2 Å². The summed E-state index contributed by atoms with van der Waals surface area (Å²) in [4.78, 5) is 33.6. The third kappa shape index (κ3) is 3.11. The van der Waals surface area contributed by atoms with Crippen molar-refractivity contribution in [1.82, 2.24) is 9.80 Å². The van der Waals surface area contributed by atoms with Crippen LogP contribution in [0.1, 0.15) is 29.3 Å². The molecular formula is C24H28N4O3. The van der Waals surface area contributed by atoms with Crippen molar-refractivity contribution in [2.75, 3.05) is 56.2 Å². The molecule has 7 heteroatoms. The zero-order valence-corrected chi connectivity index (χ0v) is 17.8. The fourth-order valence-corrected chi connectivity index (χ4v) is 4.94. The number of ether oxygens (including phenoxy) is 1. The summed E-state index contributed by atoms with van der Waals surface area (Å²) in [6, 6.07) is 15.3. The Morgan fingerprint density at radius 3 is 2.52 bits per heavy atom. The van der Waals surface area contributed by atoms with Crippen LogP contribution in [0.2, 0.25) is 0 Å². The molecular weight excluding hydrogens is 392 g/mol. The van der Waals surface area contributed by atoms with Gasteiger partial charge in [0, 0.05) is 44.0 Å². The van der Waals surface area contributed by atoms with Crippen LogP contribution in [0.25, 0.3) is 0 Å². The molecule has 3 aliphatic rings. The van der Waals surface area contributed by atoms with Crippen LogP contribution in [0.15, 0.2) is 48.5 Å². The monoisotopic (exact) mass is 420 g/mol. The van der Waals surface area contributed by atoms with Crippen molar-refractivity contribution < 1.29 is 14.3 Å². The number of anilines is 2. The number of benzene rings is 2. The normalized spacial score (nSPS) is 23.1. The van der Waals surface area contributed by atoms with E-state index in [1.165, 1.54) is 0 Å². The third-order valence-corrected chi connectivity index (χ3v) is 6.45. The Kier molecular flexibility index (Phi) is 5.16. The number of rotatable bonds is 5. The summed E-state index contributed by atoms with van der Waals surface area (Å²) >= 11 is 0. The predicted octanol–water partition coefficient (Wildman–Crippen LogP) is 2.50. The Balaban J connectivity index is 1.60. The summed E-state index contributed by atoms with van der Waals surface area (Å²) in [5, 5.41) is 3.51. The third-order valence-electron chi connectivity index (χ3n) is 6.45. The predicted molar refractivity (Wildman–Crippen MR) is 119 cm³/mol. The minimum atomic E-state index is -1.22. The van der Waals surface area contributed by atoms with Gasteiger partial charge in [-0.25, -0.2) is 0 Å². The van der Waals surface area contributed by atoms with Crippen LogP contribution in [-0.4, -0.2) is 67.6 Å². The van der Waals surface area contributed by atoms with Gasteiger partial charge in [0.1, 0.15) is 0 Å². The molecule has 7 nitrogen and oxygen atoms in total. The van der Waals surface area contributed by atoms with Gasteiger partial charge in [0.25, 0.3) is 11.8 Å². The zero-order valence-electron chi connectivity index (χ0n) is 17.8. The van der Waals surface area contributed by atoms with Crippen molar-refractivity contribution in [1.29, 1.82) is 0 Å². The molecule has 2 amide bonds. The maximum atomic E-state index is 14.0. The summed E-state index contributed by atoms with van der Waals surface area (Å²) in [6.07, 6.45) is 0.842. The van der Waals surface area contributed by atoms with E-state index in [1.54, 1.807) is 4.90 Å². The summed E-state index contributed by atoms with van der Waals surface area (Å²) in [5.74, 6) is -0.190. The molecule has 162 valence electrons. The number of carbonyl (C=O) groups excluding carboxylic acids is 2. The molecule has 0 saturated carbocycles. The number of hydrogen-bond donors (Lipinski definition) is 1. The fourth-order valence-electron chi connectivity index (χ4n) is 4.94. The maximum absolute atomic E-state index is 14.0. The minimum absolute atomic E-state index is 0.0830. The van der Waals surface area contributed by atoms with E-state index in [2.05, 4.69) is 17.1 Å². The number of morpholine rings is 1. The second-order valence-corrected chi connectivity index (χ2v) is 8.27. The smallest absolute Gasteiger partial charge is 0.278 e. The molecule has 1 saturated heterocycles. The summed E-state index contributed by atoms with van der Waals surface area (Å²) < 4.78 is 5.46. The van der Waals surface area contributed by atoms with Crippen molar-refractivity contribution in [2.45, 2.75) is 19.0 Å². The van der Waals surface area contributed by atoms with Crippen LogP contribution in [0.3, 0.4) is 0 Å². The highest BCUT2D eigenvalue weighted by atomic mass is 16.5. The van der Waals surface area contributed by atoms with Crippen molar-refractivity contribution >= 4 is 23.2 Å². The molecule has 1 atom stereocenters. The number of hydrogen-bond acceptors (Lipinski definition) is 5. The Morgan fingerprint density at radius 1 is 0.968 bits per heavy atom. The van der Waals surface area contributed by atoms with E-state index in [9.17, 15) is 9.59 Å². The van der Waals surface area contributed by atoms with E-state index in [0.29, 0.717) is 44.1 Å². The van der Waals surface area contributed by atoms with E-state index in [4.69, 9.17) is 4.74 Å². The van der Waals surface area contributed by atoms with E-state index >= 15 is 0 Å². The minimum Gasteiger partial charge on any atom is -0.379 e. The van der Waals surface area contributed by atoms with E-state index < -0.39 is 5.66 Å². The molecule has 31 heavy (non-hydrogen) atoms. The first-order chi connectivity index (χ1) is 15.2. The molecule has 0 aromatic heterocycles. The number of nitrogens with one attached hydrogen (secondary N) is 1. The molecule has 1 fully saturated rings. The highest BCUT2D eigenvalue weighted by Gasteiger charge is 2.58. The van der Waals surface area contributed by atoms with Gasteiger partial charge in [0.15, 0.2) is 0 Å². The van der Waals surface area contributed by atoms with E-state index in [0.717, 1.165) is 30.8 Å². The lowest BCUT2D eigenvalue weighted by Gasteiger charge is -2.45. The van der Waals surface area contributed by atoms with Crippen molar-refractivity contribution in [2.24, 2.45) is 0 Å². The quantitative estimate of drug-likeness (QED) is 0.805. The second-order valence-electron chi connectivity index (χ2n) is 8.27. The van der Waals surface area contributed by atoms with Gasteiger partial charge in [-0.3, -0.25) is 14.5 Å². The van der Waals surface area contributed by atoms with Gasteiger partial charge in [-0.2, -0.15) is 0 Å². The van der Waals surface area contributed by atoms with Gasteiger partial charge in [-0.05, 0) is 24.6 Å². The van der Waals surface area contributed by atoms with Crippen molar-refractivity contribution in [3.63, 3.8) is 0 Å². The number of amides is 2. The molecule has 1 spiro atoms. The van der Waals surface area contributed by atoms with Crippen LogP contribution in [0.5, 0.6) is 0 Å². The average molecular weight is 421 g/mol. The van der Waals surface area contributed by atoms with Gasteiger partial charge in [0.2, 0.25) is 5.66 Å². The summed E-state index contributed by atoms with van der Waals surface area (Å²) in [7, 11) is 0. The molecule has 2 aromatic rings. The molecule has 0 bridgehead atoms. The Labute approximate surface area is 182 Å². The second kappa shape index (κ2) is 7.98. The Morgan fingerprint density at radius 2 is 1.71 bits per heavy atom.